The third-order valence-electron chi connectivity index (χ3n) is 4.55. The van der Waals surface area contributed by atoms with Crippen LogP contribution in [0.2, 0.25) is 0 Å². The average Bonchev–Trinajstić information content (AvgIpc) is 2.90. The molecular weight excluding hydrogens is 276 g/mol. The molecule has 2 saturated heterocycles. The topological polar surface area (TPSA) is 65.8 Å². The molecule has 0 aromatic carbocycles. The first-order valence-corrected chi connectivity index (χ1v) is 8.02. The Labute approximate surface area is 123 Å². The summed E-state index contributed by atoms with van der Waals surface area (Å²) >= 11 is 1.69. The van der Waals surface area contributed by atoms with Gasteiger partial charge in [-0.15, -0.1) is 11.3 Å². The van der Waals surface area contributed by atoms with Crippen molar-refractivity contribution in [1.82, 2.24) is 9.88 Å². The second-order valence-electron chi connectivity index (χ2n) is 6.25. The lowest BCUT2D eigenvalue weighted by Crippen LogP contribution is -2.59. The van der Waals surface area contributed by atoms with Crippen LogP contribution >= 0.6 is 11.3 Å². The highest BCUT2D eigenvalue weighted by atomic mass is 32.1. The van der Waals surface area contributed by atoms with E-state index in [0.717, 1.165) is 37.5 Å². The van der Waals surface area contributed by atoms with Gasteiger partial charge in [-0.1, -0.05) is 0 Å². The highest BCUT2D eigenvalue weighted by molar-refractivity contribution is 7.09. The van der Waals surface area contributed by atoms with Crippen LogP contribution in [-0.2, 0) is 11.3 Å². The molecule has 6 heteroatoms. The molecule has 2 fully saturated rings. The van der Waals surface area contributed by atoms with Crippen LogP contribution in [0.4, 0.5) is 0 Å². The van der Waals surface area contributed by atoms with Gasteiger partial charge in [-0.25, -0.2) is 4.98 Å². The molecule has 0 saturated carbocycles. The quantitative estimate of drug-likeness (QED) is 0.853. The van der Waals surface area contributed by atoms with Crippen LogP contribution in [0.3, 0.4) is 0 Å². The number of ether oxygens (including phenoxy) is 1. The predicted octanol–water partition coefficient (Wildman–Crippen LogP) is 1.01. The van der Waals surface area contributed by atoms with Crippen molar-refractivity contribution >= 4 is 11.3 Å². The zero-order valence-electron chi connectivity index (χ0n) is 11.8. The van der Waals surface area contributed by atoms with Crippen LogP contribution < -0.4 is 0 Å². The van der Waals surface area contributed by atoms with Gasteiger partial charge in [0.15, 0.2) is 0 Å². The van der Waals surface area contributed by atoms with E-state index in [-0.39, 0.29) is 12.2 Å². The molecule has 2 aliphatic heterocycles. The minimum atomic E-state index is -1.03. The van der Waals surface area contributed by atoms with E-state index >= 15 is 0 Å². The molecule has 2 atom stereocenters. The van der Waals surface area contributed by atoms with Gasteiger partial charge < -0.3 is 14.9 Å². The standard InChI is InChI=1S/C14H22N2O3S/c1-13(18)10-14(19-9-11(13)17)2-5-16(6-3-14)8-12-15-4-7-20-12/h4,7,11,17-18H,2-3,5-6,8-10H2,1H3/t11-,13-/m0/s1. The molecular formula is C14H22N2O3S. The molecule has 3 heterocycles. The minimum Gasteiger partial charge on any atom is -0.388 e. The molecule has 0 unspecified atom stereocenters. The number of aliphatic hydroxyl groups excluding tert-OH is 1. The third kappa shape index (κ3) is 2.89. The maximum atomic E-state index is 10.3. The van der Waals surface area contributed by atoms with Crippen molar-refractivity contribution in [2.24, 2.45) is 0 Å². The Morgan fingerprint density at radius 3 is 2.85 bits per heavy atom. The van der Waals surface area contributed by atoms with Crippen LogP contribution in [0.1, 0.15) is 31.2 Å². The molecule has 1 aromatic heterocycles. The number of nitrogens with zero attached hydrogens (tertiary/aromatic N) is 2. The van der Waals surface area contributed by atoms with Gasteiger partial charge in [0.25, 0.3) is 0 Å². The maximum absolute atomic E-state index is 10.3. The van der Waals surface area contributed by atoms with E-state index in [9.17, 15) is 10.2 Å². The van der Waals surface area contributed by atoms with Crippen molar-refractivity contribution in [2.45, 2.75) is 50.0 Å². The first kappa shape index (κ1) is 14.4. The molecule has 20 heavy (non-hydrogen) atoms. The minimum absolute atomic E-state index is 0.236. The first-order valence-electron chi connectivity index (χ1n) is 7.14. The van der Waals surface area contributed by atoms with E-state index in [4.69, 9.17) is 4.74 Å². The zero-order valence-corrected chi connectivity index (χ0v) is 12.6. The first-order chi connectivity index (χ1) is 9.49. The Balaban J connectivity index is 1.58. The molecule has 0 amide bonds. The normalized spacial score (nSPS) is 34.5. The van der Waals surface area contributed by atoms with E-state index in [0.29, 0.717) is 6.42 Å². The lowest BCUT2D eigenvalue weighted by Gasteiger charge is -2.49. The molecule has 5 nitrogen and oxygen atoms in total. The molecule has 112 valence electrons. The van der Waals surface area contributed by atoms with E-state index in [1.165, 1.54) is 0 Å². The molecule has 0 radical (unpaired) electrons. The van der Waals surface area contributed by atoms with Crippen molar-refractivity contribution in [2.75, 3.05) is 19.7 Å². The predicted molar refractivity (Wildman–Crippen MR) is 76.6 cm³/mol. The monoisotopic (exact) mass is 298 g/mol. The second kappa shape index (κ2) is 5.35. The fraction of sp³-hybridized carbons (Fsp3) is 0.786. The van der Waals surface area contributed by atoms with Crippen molar-refractivity contribution < 1.29 is 14.9 Å². The van der Waals surface area contributed by atoms with Crippen molar-refractivity contribution in [1.29, 1.82) is 0 Å². The summed E-state index contributed by atoms with van der Waals surface area (Å²) in [6.07, 6.45) is 3.39. The van der Waals surface area contributed by atoms with Gasteiger partial charge in [0.1, 0.15) is 11.1 Å². The van der Waals surface area contributed by atoms with Gasteiger partial charge in [0.05, 0.1) is 24.4 Å². The number of likely N-dealkylation sites (tertiary alicyclic amines) is 1. The lowest BCUT2D eigenvalue weighted by atomic mass is 9.76. The number of piperidine rings is 1. The zero-order chi connectivity index (χ0) is 14.2. The summed E-state index contributed by atoms with van der Waals surface area (Å²) in [5.74, 6) is 0. The maximum Gasteiger partial charge on any atom is 0.107 e. The average molecular weight is 298 g/mol. The number of hydrogen-bond acceptors (Lipinski definition) is 6. The molecule has 1 aromatic rings. The Morgan fingerprint density at radius 1 is 1.50 bits per heavy atom. The van der Waals surface area contributed by atoms with Crippen molar-refractivity contribution in [3.8, 4) is 0 Å². The third-order valence-corrected chi connectivity index (χ3v) is 5.32. The summed E-state index contributed by atoms with van der Waals surface area (Å²) in [5, 5.41) is 23.2. The van der Waals surface area contributed by atoms with Gasteiger partial charge in [0.2, 0.25) is 0 Å². The van der Waals surface area contributed by atoms with E-state index in [1.54, 1.807) is 18.3 Å². The molecule has 2 N–H and O–H groups in total. The molecule has 3 rings (SSSR count). The number of aliphatic hydroxyl groups is 2. The van der Waals surface area contributed by atoms with Crippen LogP contribution in [0.15, 0.2) is 11.6 Å². The Bertz CT molecular complexity index is 441. The van der Waals surface area contributed by atoms with Crippen molar-refractivity contribution in [3.63, 3.8) is 0 Å². The van der Waals surface area contributed by atoms with E-state index < -0.39 is 11.7 Å². The van der Waals surface area contributed by atoms with E-state index in [1.807, 2.05) is 11.6 Å². The summed E-state index contributed by atoms with van der Waals surface area (Å²) in [7, 11) is 0. The number of hydrogen-bond donors (Lipinski definition) is 2. The summed E-state index contributed by atoms with van der Waals surface area (Å²) in [6.45, 7) is 4.74. The van der Waals surface area contributed by atoms with Crippen LogP contribution in [0, 0.1) is 0 Å². The van der Waals surface area contributed by atoms with E-state index in [2.05, 4.69) is 9.88 Å². The largest absolute Gasteiger partial charge is 0.388 e. The Morgan fingerprint density at radius 2 is 2.25 bits per heavy atom. The smallest absolute Gasteiger partial charge is 0.107 e. The van der Waals surface area contributed by atoms with Gasteiger partial charge in [-0.05, 0) is 19.8 Å². The van der Waals surface area contributed by atoms with Crippen LogP contribution in [0.25, 0.3) is 0 Å². The molecule has 1 spiro atoms. The molecule has 0 aliphatic carbocycles. The summed E-state index contributed by atoms with van der Waals surface area (Å²) in [5.41, 5.74) is -1.29. The second-order valence-corrected chi connectivity index (χ2v) is 7.22. The highest BCUT2D eigenvalue weighted by Gasteiger charge is 2.48. The summed E-state index contributed by atoms with van der Waals surface area (Å²) in [6, 6.07) is 0. The van der Waals surface area contributed by atoms with Gasteiger partial charge >= 0.3 is 0 Å². The summed E-state index contributed by atoms with van der Waals surface area (Å²) < 4.78 is 5.89. The van der Waals surface area contributed by atoms with Crippen molar-refractivity contribution in [3.05, 3.63) is 16.6 Å². The highest BCUT2D eigenvalue weighted by Crippen LogP contribution is 2.39. The summed E-state index contributed by atoms with van der Waals surface area (Å²) in [4.78, 5) is 6.70. The van der Waals surface area contributed by atoms with Gasteiger partial charge in [-0.3, -0.25) is 4.90 Å². The SMILES string of the molecule is C[C@]1(O)CC2(CCN(Cc3nccs3)CC2)OC[C@@H]1O. The lowest BCUT2D eigenvalue weighted by molar-refractivity contribution is -0.223. The Kier molecular flexibility index (Phi) is 3.85. The number of thiazole rings is 1. The number of aromatic nitrogens is 1. The van der Waals surface area contributed by atoms with Crippen LogP contribution in [0.5, 0.6) is 0 Å². The molecule has 0 bridgehead atoms. The molecule has 2 aliphatic rings. The van der Waals surface area contributed by atoms with Gasteiger partial charge in [0, 0.05) is 31.1 Å². The number of rotatable bonds is 2. The van der Waals surface area contributed by atoms with Crippen LogP contribution in [-0.4, -0.2) is 57.1 Å². The van der Waals surface area contributed by atoms with Gasteiger partial charge in [-0.2, -0.15) is 0 Å². The fourth-order valence-corrected chi connectivity index (χ4v) is 3.88. The Hall–Kier alpha value is -0.530. The fourth-order valence-electron chi connectivity index (χ4n) is 3.22.